The molecule has 1 nitrogen and oxygen atoms in total. The van der Waals surface area contributed by atoms with Gasteiger partial charge in [0.1, 0.15) is 0 Å². The summed E-state index contributed by atoms with van der Waals surface area (Å²) in [6.45, 7) is 14.2. The maximum absolute atomic E-state index is 10.3. The van der Waals surface area contributed by atoms with Gasteiger partial charge in [-0.05, 0) is 78.2 Å². The van der Waals surface area contributed by atoms with Gasteiger partial charge in [-0.2, -0.15) is 0 Å². The number of hydrogen-bond donors (Lipinski definition) is 0. The van der Waals surface area contributed by atoms with E-state index < -0.39 is 0 Å². The number of carbonyl (C=O) groups excluding carboxylic acids is 1. The zero-order valence-electron chi connectivity index (χ0n) is 19.0. The monoisotopic (exact) mass is 412 g/mol. The molecule has 0 spiro atoms. The third-order valence-electron chi connectivity index (χ3n) is 5.85. The highest BCUT2D eigenvalue weighted by molar-refractivity contribution is 6.30. The molecule has 0 saturated heterocycles. The number of ketones is 1. The number of benzene rings is 1. The Bertz CT molecular complexity index is 752. The Labute approximate surface area is 182 Å². The number of hydrogen-bond acceptors (Lipinski definition) is 1. The first kappa shape index (κ1) is 23.7. The molecule has 158 valence electrons. The summed E-state index contributed by atoms with van der Waals surface area (Å²) in [4.78, 5) is 10.3. The standard InChI is InChI=1S/C21H31Cl.C6H6O/c1-20(2,3)17-12-16(13-18(14-17)21(4,5)6)11-15-7-9-19(22)10-8-15;7-6-4-2-1-3-5-6/h7-10,14,16-17H,11-13H2,1-6H3;2-5H,1H2. The van der Waals surface area contributed by atoms with E-state index in [1.807, 2.05) is 24.3 Å². The van der Waals surface area contributed by atoms with E-state index in [0.29, 0.717) is 11.3 Å². The van der Waals surface area contributed by atoms with Gasteiger partial charge in [-0.1, -0.05) is 89.1 Å². The van der Waals surface area contributed by atoms with Crippen LogP contribution in [0.25, 0.3) is 0 Å². The van der Waals surface area contributed by atoms with Gasteiger partial charge in [-0.15, -0.1) is 0 Å². The van der Waals surface area contributed by atoms with Crippen LogP contribution in [0.3, 0.4) is 0 Å². The van der Waals surface area contributed by atoms with Gasteiger partial charge >= 0.3 is 0 Å². The lowest BCUT2D eigenvalue weighted by Crippen LogP contribution is -2.29. The summed E-state index contributed by atoms with van der Waals surface area (Å²) in [5.41, 5.74) is 3.67. The van der Waals surface area contributed by atoms with Gasteiger partial charge in [0.05, 0.1) is 0 Å². The summed E-state index contributed by atoms with van der Waals surface area (Å²) < 4.78 is 0. The molecule has 0 fully saturated rings. The van der Waals surface area contributed by atoms with Gasteiger partial charge < -0.3 is 0 Å². The number of allylic oxidation sites excluding steroid dienone is 6. The van der Waals surface area contributed by atoms with Crippen molar-refractivity contribution >= 4 is 17.4 Å². The molecule has 0 amide bonds. The molecular formula is C27H37ClO. The van der Waals surface area contributed by atoms with Gasteiger partial charge in [0.15, 0.2) is 5.78 Å². The minimum atomic E-state index is 0.103. The molecule has 0 radical (unpaired) electrons. The van der Waals surface area contributed by atoms with Gasteiger partial charge in [0.25, 0.3) is 0 Å². The number of carbonyl (C=O) groups is 1. The average molecular weight is 413 g/mol. The van der Waals surface area contributed by atoms with E-state index in [0.717, 1.165) is 23.8 Å². The zero-order chi connectivity index (χ0) is 21.7. The van der Waals surface area contributed by atoms with Crippen LogP contribution < -0.4 is 0 Å². The van der Waals surface area contributed by atoms with Crippen molar-refractivity contribution in [1.82, 2.24) is 0 Å². The first-order valence-corrected chi connectivity index (χ1v) is 11.2. The highest BCUT2D eigenvalue weighted by Crippen LogP contribution is 2.44. The molecule has 0 aromatic heterocycles. The fraction of sp³-hybridized carbons (Fsp3) is 0.519. The van der Waals surface area contributed by atoms with Crippen molar-refractivity contribution in [3.8, 4) is 0 Å². The van der Waals surface area contributed by atoms with Gasteiger partial charge in [-0.25, -0.2) is 0 Å². The summed E-state index contributed by atoms with van der Waals surface area (Å²) in [5, 5.41) is 0.829. The zero-order valence-corrected chi connectivity index (χ0v) is 19.7. The average Bonchev–Trinajstić information content (AvgIpc) is 2.63. The smallest absolute Gasteiger partial charge is 0.178 e. The molecule has 2 aliphatic carbocycles. The first-order chi connectivity index (χ1) is 13.4. The molecule has 0 saturated carbocycles. The summed E-state index contributed by atoms with van der Waals surface area (Å²) in [5.74, 6) is 1.52. The normalized spacial score (nSPS) is 22.0. The topological polar surface area (TPSA) is 17.1 Å². The molecule has 1 aromatic carbocycles. The fourth-order valence-corrected chi connectivity index (χ4v) is 4.03. The summed E-state index contributed by atoms with van der Waals surface area (Å²) in [6.07, 6.45) is 14.1. The van der Waals surface area contributed by atoms with Crippen LogP contribution in [0.2, 0.25) is 5.02 Å². The van der Waals surface area contributed by atoms with Crippen molar-refractivity contribution in [3.63, 3.8) is 0 Å². The van der Waals surface area contributed by atoms with Crippen molar-refractivity contribution in [2.24, 2.45) is 22.7 Å². The second-order valence-electron chi connectivity index (χ2n) is 10.5. The highest BCUT2D eigenvalue weighted by atomic mass is 35.5. The van der Waals surface area contributed by atoms with Crippen LogP contribution in [-0.4, -0.2) is 5.78 Å². The van der Waals surface area contributed by atoms with Gasteiger partial charge in [0, 0.05) is 5.02 Å². The van der Waals surface area contributed by atoms with Crippen LogP contribution in [0.5, 0.6) is 0 Å². The van der Waals surface area contributed by atoms with Crippen LogP contribution in [0.4, 0.5) is 0 Å². The van der Waals surface area contributed by atoms with Crippen LogP contribution in [0, 0.1) is 22.7 Å². The lowest BCUT2D eigenvalue weighted by Gasteiger charge is -2.40. The molecule has 2 unspecified atom stereocenters. The van der Waals surface area contributed by atoms with Crippen LogP contribution in [0.1, 0.15) is 66.4 Å². The molecule has 0 heterocycles. The third-order valence-corrected chi connectivity index (χ3v) is 6.10. The van der Waals surface area contributed by atoms with E-state index in [9.17, 15) is 4.79 Å². The molecular weight excluding hydrogens is 376 g/mol. The van der Waals surface area contributed by atoms with E-state index in [-0.39, 0.29) is 11.2 Å². The van der Waals surface area contributed by atoms with E-state index in [2.05, 4.69) is 59.8 Å². The summed E-state index contributed by atoms with van der Waals surface area (Å²) in [6, 6.07) is 8.40. The Balaban J connectivity index is 0.000000360. The molecule has 3 rings (SSSR count). The lowest BCUT2D eigenvalue weighted by molar-refractivity contribution is -0.110. The predicted molar refractivity (Wildman–Crippen MR) is 126 cm³/mol. The summed E-state index contributed by atoms with van der Waals surface area (Å²) in [7, 11) is 0. The van der Waals surface area contributed by atoms with Crippen molar-refractivity contribution in [2.45, 2.75) is 67.2 Å². The first-order valence-electron chi connectivity index (χ1n) is 10.8. The third kappa shape index (κ3) is 7.97. The molecule has 2 atom stereocenters. The molecule has 0 N–H and O–H groups in total. The largest absolute Gasteiger partial charge is 0.290 e. The predicted octanol–water partition coefficient (Wildman–Crippen LogP) is 8.00. The van der Waals surface area contributed by atoms with Crippen LogP contribution >= 0.6 is 11.6 Å². The second-order valence-corrected chi connectivity index (χ2v) is 10.9. The Morgan fingerprint density at radius 3 is 2.00 bits per heavy atom. The lowest BCUT2D eigenvalue weighted by atomic mass is 9.66. The van der Waals surface area contributed by atoms with Gasteiger partial charge in [-0.3, -0.25) is 4.79 Å². The highest BCUT2D eigenvalue weighted by Gasteiger charge is 2.33. The van der Waals surface area contributed by atoms with Crippen LogP contribution in [0.15, 0.2) is 60.2 Å². The Morgan fingerprint density at radius 2 is 1.55 bits per heavy atom. The minimum Gasteiger partial charge on any atom is -0.290 e. The number of rotatable bonds is 2. The Hall–Kier alpha value is -1.60. The maximum Gasteiger partial charge on any atom is 0.178 e. The van der Waals surface area contributed by atoms with E-state index >= 15 is 0 Å². The minimum absolute atomic E-state index is 0.103. The van der Waals surface area contributed by atoms with Crippen molar-refractivity contribution < 1.29 is 4.79 Å². The molecule has 2 aliphatic rings. The fourth-order valence-electron chi connectivity index (χ4n) is 3.90. The van der Waals surface area contributed by atoms with E-state index in [1.165, 1.54) is 18.4 Å². The SMILES string of the molecule is CC(C)(C)C1=CC(C(C)(C)C)CC(Cc2ccc(Cl)cc2)C1.O=C1C=CCC=C1. The molecule has 29 heavy (non-hydrogen) atoms. The second kappa shape index (κ2) is 9.94. The molecule has 0 bridgehead atoms. The molecule has 1 aromatic rings. The summed E-state index contributed by atoms with van der Waals surface area (Å²) >= 11 is 6.01. The van der Waals surface area contributed by atoms with E-state index in [4.69, 9.17) is 11.6 Å². The van der Waals surface area contributed by atoms with Crippen molar-refractivity contribution in [1.29, 1.82) is 0 Å². The van der Waals surface area contributed by atoms with Crippen LogP contribution in [-0.2, 0) is 11.2 Å². The molecule has 0 aliphatic heterocycles. The Morgan fingerprint density at radius 1 is 0.966 bits per heavy atom. The Kier molecular flexibility index (Phi) is 8.11. The maximum atomic E-state index is 10.3. The van der Waals surface area contributed by atoms with Crippen molar-refractivity contribution in [2.75, 3.05) is 0 Å². The molecule has 2 heteroatoms. The van der Waals surface area contributed by atoms with Crippen molar-refractivity contribution in [3.05, 3.63) is 70.8 Å². The number of halogens is 1. The van der Waals surface area contributed by atoms with Gasteiger partial charge in [0.2, 0.25) is 0 Å². The van der Waals surface area contributed by atoms with E-state index in [1.54, 1.807) is 17.7 Å². The quantitative estimate of drug-likeness (QED) is 0.449.